The molecule has 3 nitrogen and oxygen atoms in total. The molecule has 0 bridgehead atoms. The number of aliphatic hydroxyl groups excluding tert-OH is 1. The molecular weight excluding hydrogens is 314 g/mol. The number of aliphatic hydroxyl groups is 1. The fourth-order valence-corrected chi connectivity index (χ4v) is 2.30. The van der Waals surface area contributed by atoms with E-state index in [1.165, 1.54) is 12.1 Å². The van der Waals surface area contributed by atoms with Crippen LogP contribution in [0, 0.1) is 17.1 Å². The monoisotopic (exact) mass is 324 g/mol. The van der Waals surface area contributed by atoms with Crippen molar-refractivity contribution in [3.63, 3.8) is 0 Å². The van der Waals surface area contributed by atoms with Crippen LogP contribution < -0.4 is 5.32 Å². The molecule has 0 aliphatic heterocycles. The smallest absolute Gasteiger partial charge is 0.143 e. The second kappa shape index (κ2) is 6.77. The van der Waals surface area contributed by atoms with E-state index < -0.39 is 11.9 Å². The highest BCUT2D eigenvalue weighted by Gasteiger charge is 2.14. The Morgan fingerprint density at radius 1 is 1.29 bits per heavy atom. The lowest BCUT2D eigenvalue weighted by molar-refractivity contribution is 0.191. The van der Waals surface area contributed by atoms with Gasteiger partial charge in [0.05, 0.1) is 11.8 Å². The van der Waals surface area contributed by atoms with Crippen molar-refractivity contribution in [3.8, 4) is 6.07 Å². The van der Waals surface area contributed by atoms with Crippen LogP contribution in [-0.2, 0) is 0 Å². The lowest BCUT2D eigenvalue weighted by Crippen LogP contribution is -2.13. The molecule has 2 rings (SSSR count). The maximum absolute atomic E-state index is 13.5. The fraction of sp³-hybridized carbons (Fsp3) is 0.133. The van der Waals surface area contributed by atoms with Crippen LogP contribution in [0.4, 0.5) is 10.1 Å². The first-order chi connectivity index (χ1) is 10.0. The van der Waals surface area contributed by atoms with Crippen LogP contribution >= 0.6 is 23.2 Å². The van der Waals surface area contributed by atoms with Gasteiger partial charge in [0.25, 0.3) is 0 Å². The zero-order valence-corrected chi connectivity index (χ0v) is 12.3. The zero-order valence-electron chi connectivity index (χ0n) is 10.8. The lowest BCUT2D eigenvalue weighted by atomic mass is 10.1. The number of rotatable bonds is 4. The molecular formula is C15H11Cl2FN2O. The van der Waals surface area contributed by atoms with E-state index >= 15 is 0 Å². The van der Waals surface area contributed by atoms with Crippen molar-refractivity contribution in [2.45, 2.75) is 6.10 Å². The molecule has 0 heterocycles. The van der Waals surface area contributed by atoms with Crippen molar-refractivity contribution in [2.75, 3.05) is 11.9 Å². The van der Waals surface area contributed by atoms with Crippen molar-refractivity contribution in [1.82, 2.24) is 0 Å². The molecule has 0 saturated heterocycles. The SMILES string of the molecule is N#Cc1c(F)cccc1NCC(O)c1cc(Cl)ccc1Cl. The number of anilines is 1. The molecule has 108 valence electrons. The number of hydrogen-bond donors (Lipinski definition) is 2. The van der Waals surface area contributed by atoms with E-state index in [2.05, 4.69) is 5.32 Å². The topological polar surface area (TPSA) is 56.0 Å². The maximum atomic E-state index is 13.5. The molecule has 0 aromatic heterocycles. The van der Waals surface area contributed by atoms with Crippen LogP contribution in [0.3, 0.4) is 0 Å². The number of nitrogens with zero attached hydrogens (tertiary/aromatic N) is 1. The first-order valence-corrected chi connectivity index (χ1v) is 6.84. The van der Waals surface area contributed by atoms with Gasteiger partial charge in [-0.25, -0.2) is 4.39 Å². The summed E-state index contributed by atoms with van der Waals surface area (Å²) in [5, 5.41) is 22.7. The molecule has 0 radical (unpaired) electrons. The molecule has 1 unspecified atom stereocenters. The Balaban J connectivity index is 2.15. The van der Waals surface area contributed by atoms with Crippen molar-refractivity contribution < 1.29 is 9.50 Å². The minimum Gasteiger partial charge on any atom is -0.387 e. The van der Waals surface area contributed by atoms with Crippen LogP contribution in [0.1, 0.15) is 17.2 Å². The number of halogens is 3. The van der Waals surface area contributed by atoms with Crippen LogP contribution in [0.2, 0.25) is 10.0 Å². The van der Waals surface area contributed by atoms with Gasteiger partial charge in [-0.05, 0) is 30.3 Å². The molecule has 0 aliphatic carbocycles. The van der Waals surface area contributed by atoms with Gasteiger partial charge in [0.1, 0.15) is 17.4 Å². The summed E-state index contributed by atoms with van der Waals surface area (Å²) < 4.78 is 13.5. The molecule has 0 spiro atoms. The summed E-state index contributed by atoms with van der Waals surface area (Å²) in [6.45, 7) is 0.0677. The third-order valence-electron chi connectivity index (χ3n) is 2.93. The molecule has 2 aromatic carbocycles. The normalized spacial score (nSPS) is 11.8. The highest BCUT2D eigenvalue weighted by Crippen LogP contribution is 2.27. The molecule has 6 heteroatoms. The van der Waals surface area contributed by atoms with E-state index in [0.717, 1.165) is 0 Å². The first-order valence-electron chi connectivity index (χ1n) is 6.08. The predicted molar refractivity (Wildman–Crippen MR) is 81.0 cm³/mol. The maximum Gasteiger partial charge on any atom is 0.143 e. The van der Waals surface area contributed by atoms with Gasteiger partial charge in [0, 0.05) is 22.2 Å². The molecule has 2 N–H and O–H groups in total. The minimum atomic E-state index is -0.939. The minimum absolute atomic E-state index is 0.0677. The second-order valence-electron chi connectivity index (χ2n) is 4.34. The Bertz CT molecular complexity index is 701. The quantitative estimate of drug-likeness (QED) is 0.888. The van der Waals surface area contributed by atoms with Crippen LogP contribution in [-0.4, -0.2) is 11.7 Å². The summed E-state index contributed by atoms with van der Waals surface area (Å²) in [6.07, 6.45) is -0.939. The average Bonchev–Trinajstić information content (AvgIpc) is 2.47. The van der Waals surface area contributed by atoms with Crippen molar-refractivity contribution in [1.29, 1.82) is 5.26 Å². The first kappa shape index (κ1) is 15.6. The third-order valence-corrected chi connectivity index (χ3v) is 3.51. The van der Waals surface area contributed by atoms with E-state index in [-0.39, 0.29) is 12.1 Å². The molecule has 2 aromatic rings. The Hall–Kier alpha value is -1.80. The van der Waals surface area contributed by atoms with Crippen molar-refractivity contribution in [2.24, 2.45) is 0 Å². The van der Waals surface area contributed by atoms with E-state index in [4.69, 9.17) is 28.5 Å². The Kier molecular flexibility index (Phi) is 5.03. The third kappa shape index (κ3) is 3.64. The van der Waals surface area contributed by atoms with E-state index in [9.17, 15) is 9.50 Å². The van der Waals surface area contributed by atoms with Gasteiger partial charge in [0.15, 0.2) is 0 Å². The number of benzene rings is 2. The molecule has 1 atom stereocenters. The van der Waals surface area contributed by atoms with Crippen molar-refractivity contribution >= 4 is 28.9 Å². The summed E-state index contributed by atoms with van der Waals surface area (Å²) in [5.41, 5.74) is 0.683. The van der Waals surface area contributed by atoms with E-state index in [0.29, 0.717) is 21.3 Å². The van der Waals surface area contributed by atoms with Crippen LogP contribution in [0.5, 0.6) is 0 Å². The summed E-state index contributed by atoms with van der Waals surface area (Å²) >= 11 is 11.9. The van der Waals surface area contributed by atoms with Gasteiger partial charge in [-0.3, -0.25) is 0 Å². The van der Waals surface area contributed by atoms with Gasteiger partial charge in [-0.1, -0.05) is 29.3 Å². The van der Waals surface area contributed by atoms with Gasteiger partial charge < -0.3 is 10.4 Å². The highest BCUT2D eigenvalue weighted by molar-refractivity contribution is 6.33. The van der Waals surface area contributed by atoms with Crippen LogP contribution in [0.25, 0.3) is 0 Å². The summed E-state index contributed by atoms with van der Waals surface area (Å²) in [4.78, 5) is 0. The standard InChI is InChI=1S/C15H11Cl2FN2O/c16-9-4-5-12(17)10(6-9)15(21)8-20-14-3-1-2-13(18)11(14)7-19/h1-6,15,20-21H,8H2. The fourth-order valence-electron chi connectivity index (χ4n) is 1.87. The molecule has 21 heavy (non-hydrogen) atoms. The predicted octanol–water partition coefficient (Wildman–Crippen LogP) is 4.15. The Morgan fingerprint density at radius 3 is 2.76 bits per heavy atom. The number of nitriles is 1. The number of hydrogen-bond acceptors (Lipinski definition) is 3. The van der Waals surface area contributed by atoms with E-state index in [1.54, 1.807) is 30.3 Å². The van der Waals surface area contributed by atoms with E-state index in [1.807, 2.05) is 0 Å². The van der Waals surface area contributed by atoms with Gasteiger partial charge in [0.2, 0.25) is 0 Å². The van der Waals surface area contributed by atoms with Crippen LogP contribution in [0.15, 0.2) is 36.4 Å². The Labute approximate surface area is 131 Å². The van der Waals surface area contributed by atoms with Gasteiger partial charge in [-0.2, -0.15) is 5.26 Å². The molecule has 0 saturated carbocycles. The zero-order chi connectivity index (χ0) is 15.4. The summed E-state index contributed by atoms with van der Waals surface area (Å²) in [6, 6.07) is 10.8. The average molecular weight is 325 g/mol. The van der Waals surface area contributed by atoms with Gasteiger partial charge >= 0.3 is 0 Å². The lowest BCUT2D eigenvalue weighted by Gasteiger charge is -2.15. The second-order valence-corrected chi connectivity index (χ2v) is 5.18. The van der Waals surface area contributed by atoms with Gasteiger partial charge in [-0.15, -0.1) is 0 Å². The van der Waals surface area contributed by atoms with Crippen molar-refractivity contribution in [3.05, 3.63) is 63.4 Å². The molecule has 0 amide bonds. The largest absolute Gasteiger partial charge is 0.387 e. The number of nitrogens with one attached hydrogen (secondary N) is 1. The molecule has 0 fully saturated rings. The Morgan fingerprint density at radius 2 is 2.05 bits per heavy atom. The summed E-state index contributed by atoms with van der Waals surface area (Å²) in [7, 11) is 0. The highest BCUT2D eigenvalue weighted by atomic mass is 35.5. The molecule has 0 aliphatic rings. The summed E-state index contributed by atoms with van der Waals surface area (Å²) in [5.74, 6) is -0.613.